The summed E-state index contributed by atoms with van der Waals surface area (Å²) < 4.78 is 5.77. The molecule has 3 rings (SSSR count). The summed E-state index contributed by atoms with van der Waals surface area (Å²) in [4.78, 5) is 13.0. The summed E-state index contributed by atoms with van der Waals surface area (Å²) in [6, 6.07) is 12.6. The van der Waals surface area contributed by atoms with E-state index in [0.29, 0.717) is 5.75 Å². The summed E-state index contributed by atoms with van der Waals surface area (Å²) in [5.74, 6) is 0.873. The van der Waals surface area contributed by atoms with Crippen LogP contribution in [0.15, 0.2) is 48.7 Å². The summed E-state index contributed by atoms with van der Waals surface area (Å²) in [5.41, 5.74) is 3.23. The maximum atomic E-state index is 11.4. The second-order valence-electron chi connectivity index (χ2n) is 5.77. The number of aryl methyl sites for hydroxylation is 1. The first-order valence-electron chi connectivity index (χ1n) is 7.46. The minimum atomic E-state index is -0.383. The number of hydrogen-bond acceptors (Lipinski definition) is 4. The molecule has 2 aromatic rings. The summed E-state index contributed by atoms with van der Waals surface area (Å²) in [5, 5.41) is 11.4. The minimum Gasteiger partial charge on any atom is -0.450 e. The van der Waals surface area contributed by atoms with Gasteiger partial charge in [0.1, 0.15) is 5.75 Å². The number of benzene rings is 2. The van der Waals surface area contributed by atoms with Gasteiger partial charge < -0.3 is 9.64 Å². The third kappa shape index (κ3) is 3.18. The molecule has 118 valence electrons. The van der Waals surface area contributed by atoms with Crippen molar-refractivity contribution < 1.29 is 9.66 Å². The highest BCUT2D eigenvalue weighted by molar-refractivity contribution is 5.76. The van der Waals surface area contributed by atoms with Gasteiger partial charge in [-0.3, -0.25) is 10.1 Å². The third-order valence-electron chi connectivity index (χ3n) is 3.78. The molecular formula is C18H18N2O3. The molecule has 0 fully saturated rings. The minimum absolute atomic E-state index is 0.0127. The van der Waals surface area contributed by atoms with Crippen molar-refractivity contribution in [1.82, 2.24) is 4.90 Å². The molecule has 0 N–H and O–H groups in total. The van der Waals surface area contributed by atoms with Gasteiger partial charge in [-0.05, 0) is 47.7 Å². The number of para-hydroxylation sites is 1. The highest BCUT2D eigenvalue weighted by Crippen LogP contribution is 2.41. The zero-order chi connectivity index (χ0) is 16.4. The fourth-order valence-electron chi connectivity index (χ4n) is 2.81. The summed E-state index contributed by atoms with van der Waals surface area (Å²) in [6.07, 6.45) is 3.77. The molecule has 0 saturated heterocycles. The standard InChI is InChI=1S/C18H18N2O3/c1-19(2)12-14-9-8-13-10-17(20(21)22)18(11-16(13)14)23-15-6-4-3-5-7-15/h3-7,10-12H,8-9H2,1-2H3/b14-12-. The van der Waals surface area contributed by atoms with Crippen LogP contribution in [0.4, 0.5) is 5.69 Å². The van der Waals surface area contributed by atoms with Gasteiger partial charge in [0.25, 0.3) is 0 Å². The van der Waals surface area contributed by atoms with Crippen molar-refractivity contribution in [3.63, 3.8) is 0 Å². The molecule has 5 heteroatoms. The molecule has 5 nitrogen and oxygen atoms in total. The maximum absolute atomic E-state index is 11.4. The van der Waals surface area contributed by atoms with Gasteiger partial charge in [-0.25, -0.2) is 0 Å². The zero-order valence-corrected chi connectivity index (χ0v) is 13.2. The lowest BCUT2D eigenvalue weighted by molar-refractivity contribution is -0.385. The Bertz CT molecular complexity index is 767. The van der Waals surface area contributed by atoms with Crippen molar-refractivity contribution in [2.75, 3.05) is 14.1 Å². The Morgan fingerprint density at radius 3 is 2.57 bits per heavy atom. The van der Waals surface area contributed by atoms with E-state index in [2.05, 4.69) is 6.20 Å². The van der Waals surface area contributed by atoms with Crippen LogP contribution in [0.2, 0.25) is 0 Å². The molecule has 0 spiro atoms. The molecule has 0 aromatic heterocycles. The summed E-state index contributed by atoms with van der Waals surface area (Å²) >= 11 is 0. The van der Waals surface area contributed by atoms with Crippen LogP contribution in [0.1, 0.15) is 17.5 Å². The lowest BCUT2D eigenvalue weighted by Crippen LogP contribution is -2.02. The Morgan fingerprint density at radius 2 is 1.91 bits per heavy atom. The predicted molar refractivity (Wildman–Crippen MR) is 89.6 cm³/mol. The second-order valence-corrected chi connectivity index (χ2v) is 5.77. The van der Waals surface area contributed by atoms with Crippen LogP contribution in [0.5, 0.6) is 11.5 Å². The number of ether oxygens (including phenoxy) is 1. The van der Waals surface area contributed by atoms with Crippen molar-refractivity contribution in [3.8, 4) is 11.5 Å². The maximum Gasteiger partial charge on any atom is 0.311 e. The van der Waals surface area contributed by atoms with Crippen LogP contribution in [0.25, 0.3) is 5.57 Å². The molecule has 0 aliphatic heterocycles. The van der Waals surface area contributed by atoms with Crippen LogP contribution >= 0.6 is 0 Å². The lowest BCUT2D eigenvalue weighted by Gasteiger charge is -2.11. The molecule has 0 atom stereocenters. The van der Waals surface area contributed by atoms with Crippen molar-refractivity contribution in [2.24, 2.45) is 0 Å². The van der Waals surface area contributed by atoms with Crippen LogP contribution in [0.3, 0.4) is 0 Å². The number of fused-ring (bicyclic) bond motifs is 1. The highest BCUT2D eigenvalue weighted by Gasteiger charge is 2.25. The van der Waals surface area contributed by atoms with E-state index in [1.165, 1.54) is 5.57 Å². The average molecular weight is 310 g/mol. The van der Waals surface area contributed by atoms with E-state index >= 15 is 0 Å². The Hall–Kier alpha value is -2.82. The SMILES string of the molecule is CN(C)/C=C1/CCc2cc([N+](=O)[O-])c(Oc3ccccc3)cc21. The Morgan fingerprint density at radius 1 is 1.17 bits per heavy atom. The third-order valence-corrected chi connectivity index (χ3v) is 3.78. The summed E-state index contributed by atoms with van der Waals surface area (Å²) in [6.45, 7) is 0. The molecule has 0 heterocycles. The van der Waals surface area contributed by atoms with E-state index in [1.54, 1.807) is 24.3 Å². The number of nitro benzene ring substituents is 1. The molecule has 0 saturated carbocycles. The fraction of sp³-hybridized carbons (Fsp3) is 0.222. The van der Waals surface area contributed by atoms with Gasteiger partial charge in [-0.1, -0.05) is 18.2 Å². The first kappa shape index (κ1) is 15.1. The summed E-state index contributed by atoms with van der Waals surface area (Å²) in [7, 11) is 3.94. The lowest BCUT2D eigenvalue weighted by atomic mass is 10.1. The van der Waals surface area contributed by atoms with E-state index in [-0.39, 0.29) is 16.4 Å². The van der Waals surface area contributed by atoms with Gasteiger partial charge in [0, 0.05) is 26.4 Å². The van der Waals surface area contributed by atoms with E-state index < -0.39 is 0 Å². The van der Waals surface area contributed by atoms with Gasteiger partial charge in [-0.15, -0.1) is 0 Å². The topological polar surface area (TPSA) is 55.6 Å². The van der Waals surface area contributed by atoms with Gasteiger partial charge in [-0.2, -0.15) is 0 Å². The average Bonchev–Trinajstić information content (AvgIpc) is 2.89. The van der Waals surface area contributed by atoms with E-state index in [4.69, 9.17) is 4.74 Å². The number of nitro groups is 1. The first-order valence-corrected chi connectivity index (χ1v) is 7.46. The molecule has 0 unspecified atom stereocenters. The van der Waals surface area contributed by atoms with Gasteiger partial charge in [0.2, 0.25) is 5.75 Å². The molecular weight excluding hydrogens is 292 g/mol. The predicted octanol–water partition coefficient (Wildman–Crippen LogP) is 4.24. The largest absolute Gasteiger partial charge is 0.450 e. The Labute approximate surface area is 135 Å². The molecule has 1 aliphatic rings. The number of rotatable bonds is 4. The first-order chi connectivity index (χ1) is 11.0. The van der Waals surface area contributed by atoms with Gasteiger partial charge >= 0.3 is 5.69 Å². The molecule has 2 aromatic carbocycles. The highest BCUT2D eigenvalue weighted by atomic mass is 16.6. The molecule has 23 heavy (non-hydrogen) atoms. The molecule has 0 radical (unpaired) electrons. The Balaban J connectivity index is 2.06. The Kier molecular flexibility index (Phi) is 4.02. The smallest absolute Gasteiger partial charge is 0.311 e. The van der Waals surface area contributed by atoms with Gasteiger partial charge in [0.05, 0.1) is 4.92 Å². The van der Waals surface area contributed by atoms with Gasteiger partial charge in [0.15, 0.2) is 0 Å². The van der Waals surface area contributed by atoms with Crippen LogP contribution < -0.4 is 4.74 Å². The molecule has 0 amide bonds. The van der Waals surface area contributed by atoms with Crippen molar-refractivity contribution in [2.45, 2.75) is 12.8 Å². The number of hydrogen-bond donors (Lipinski definition) is 0. The molecule has 0 bridgehead atoms. The van der Waals surface area contributed by atoms with Crippen molar-refractivity contribution in [3.05, 3.63) is 69.9 Å². The second kappa shape index (κ2) is 6.12. The van der Waals surface area contributed by atoms with Crippen molar-refractivity contribution >= 4 is 11.3 Å². The van der Waals surface area contributed by atoms with Crippen molar-refractivity contribution in [1.29, 1.82) is 0 Å². The number of allylic oxidation sites excluding steroid dienone is 1. The van der Waals surface area contributed by atoms with E-state index in [0.717, 1.165) is 24.0 Å². The van der Waals surface area contributed by atoms with Crippen LogP contribution in [0, 0.1) is 10.1 Å². The van der Waals surface area contributed by atoms with E-state index in [9.17, 15) is 10.1 Å². The normalized spacial score (nSPS) is 14.6. The molecule has 1 aliphatic carbocycles. The van der Waals surface area contributed by atoms with Crippen LogP contribution in [-0.2, 0) is 6.42 Å². The number of nitrogens with zero attached hydrogens (tertiary/aromatic N) is 2. The monoisotopic (exact) mass is 310 g/mol. The van der Waals surface area contributed by atoms with Crippen LogP contribution in [-0.4, -0.2) is 23.9 Å². The zero-order valence-electron chi connectivity index (χ0n) is 13.2. The van der Waals surface area contributed by atoms with E-state index in [1.807, 2.05) is 37.2 Å². The quantitative estimate of drug-likeness (QED) is 0.626. The fourth-order valence-corrected chi connectivity index (χ4v) is 2.81.